The highest BCUT2D eigenvalue weighted by Gasteiger charge is 2.37. The highest BCUT2D eigenvalue weighted by molar-refractivity contribution is 5.80. The van der Waals surface area contributed by atoms with Crippen LogP contribution in [0, 0.1) is 5.92 Å². The zero-order chi connectivity index (χ0) is 13.1. The van der Waals surface area contributed by atoms with Crippen molar-refractivity contribution in [2.24, 2.45) is 5.92 Å². The first-order valence-electron chi connectivity index (χ1n) is 7.33. The maximum Gasteiger partial charge on any atom is 0.146 e. The summed E-state index contributed by atoms with van der Waals surface area (Å²) >= 11 is 0. The fourth-order valence-electron chi connectivity index (χ4n) is 3.02. The Kier molecular flexibility index (Phi) is 3.95. The summed E-state index contributed by atoms with van der Waals surface area (Å²) in [7, 11) is 0. The van der Waals surface area contributed by atoms with E-state index in [2.05, 4.69) is 34.9 Å². The number of rotatable bonds is 6. The minimum absolute atomic E-state index is 0.368. The number of nitrogens with one attached hydrogen (secondary N) is 2. The molecule has 2 aliphatic rings. The summed E-state index contributed by atoms with van der Waals surface area (Å²) < 4.78 is 0. The lowest BCUT2D eigenvalue weighted by Crippen LogP contribution is -2.27. The Bertz CT molecular complexity index is 426. The largest absolute Gasteiger partial charge is 0.316 e. The molecule has 1 aliphatic heterocycles. The molecule has 0 radical (unpaired) electrons. The van der Waals surface area contributed by atoms with Gasteiger partial charge < -0.3 is 10.6 Å². The van der Waals surface area contributed by atoms with E-state index < -0.39 is 0 Å². The fourth-order valence-corrected chi connectivity index (χ4v) is 3.02. The molecule has 1 heterocycles. The van der Waals surface area contributed by atoms with Crippen LogP contribution in [0.3, 0.4) is 0 Å². The number of ketones is 1. The molecule has 0 bridgehead atoms. The van der Waals surface area contributed by atoms with Gasteiger partial charge in [-0.15, -0.1) is 0 Å². The van der Waals surface area contributed by atoms with E-state index in [1.165, 1.54) is 12.0 Å². The summed E-state index contributed by atoms with van der Waals surface area (Å²) in [5.41, 5.74) is 1.40. The van der Waals surface area contributed by atoms with Crippen molar-refractivity contribution in [2.45, 2.75) is 31.2 Å². The van der Waals surface area contributed by atoms with E-state index >= 15 is 0 Å². The van der Waals surface area contributed by atoms with Crippen LogP contribution < -0.4 is 10.6 Å². The Labute approximate surface area is 114 Å². The summed E-state index contributed by atoms with van der Waals surface area (Å²) in [4.78, 5) is 11.9. The average Bonchev–Trinajstić information content (AvgIpc) is 3.05. The Hall–Kier alpha value is -1.19. The maximum absolute atomic E-state index is 11.9. The molecule has 3 rings (SSSR count). The minimum atomic E-state index is 0.368. The van der Waals surface area contributed by atoms with E-state index in [-0.39, 0.29) is 0 Å². The van der Waals surface area contributed by atoms with E-state index in [0.29, 0.717) is 30.2 Å². The molecule has 1 saturated heterocycles. The van der Waals surface area contributed by atoms with Gasteiger partial charge in [0.05, 0.1) is 6.54 Å². The molecule has 2 unspecified atom stereocenters. The zero-order valence-corrected chi connectivity index (χ0v) is 11.3. The predicted octanol–water partition coefficient (Wildman–Crippen LogP) is 1.70. The van der Waals surface area contributed by atoms with Crippen molar-refractivity contribution in [3.8, 4) is 0 Å². The average molecular weight is 258 g/mol. The van der Waals surface area contributed by atoms with Gasteiger partial charge in [0.15, 0.2) is 0 Å². The second-order valence-corrected chi connectivity index (χ2v) is 5.84. The van der Waals surface area contributed by atoms with E-state index in [1.54, 1.807) is 0 Å². The molecule has 2 N–H and O–H groups in total. The lowest BCUT2D eigenvalue weighted by atomic mass is 10.0. The maximum atomic E-state index is 11.9. The molecule has 0 aromatic heterocycles. The Morgan fingerprint density at radius 2 is 2.16 bits per heavy atom. The molecule has 3 atom stereocenters. The minimum Gasteiger partial charge on any atom is -0.316 e. The van der Waals surface area contributed by atoms with Crippen molar-refractivity contribution >= 4 is 5.78 Å². The first-order chi connectivity index (χ1) is 9.33. The van der Waals surface area contributed by atoms with Gasteiger partial charge in [0.2, 0.25) is 0 Å². The van der Waals surface area contributed by atoms with Gasteiger partial charge in [0, 0.05) is 18.4 Å². The molecule has 0 amide bonds. The van der Waals surface area contributed by atoms with Crippen LogP contribution in [-0.4, -0.2) is 31.5 Å². The van der Waals surface area contributed by atoms with Gasteiger partial charge in [-0.2, -0.15) is 0 Å². The summed E-state index contributed by atoms with van der Waals surface area (Å²) in [5.74, 6) is 1.55. The smallest absolute Gasteiger partial charge is 0.146 e. The molecule has 1 aliphatic carbocycles. The van der Waals surface area contributed by atoms with Crippen molar-refractivity contribution in [3.05, 3.63) is 35.9 Å². The van der Waals surface area contributed by atoms with Crippen molar-refractivity contribution in [3.63, 3.8) is 0 Å². The van der Waals surface area contributed by atoms with Gasteiger partial charge in [-0.3, -0.25) is 4.79 Å². The van der Waals surface area contributed by atoms with Crippen molar-refractivity contribution in [1.82, 2.24) is 10.6 Å². The van der Waals surface area contributed by atoms with Gasteiger partial charge in [-0.1, -0.05) is 30.3 Å². The quantitative estimate of drug-likeness (QED) is 0.816. The van der Waals surface area contributed by atoms with E-state index in [0.717, 1.165) is 25.9 Å². The van der Waals surface area contributed by atoms with Crippen molar-refractivity contribution in [1.29, 1.82) is 0 Å². The van der Waals surface area contributed by atoms with E-state index in [9.17, 15) is 4.79 Å². The molecular formula is C16H22N2O. The standard InChI is InChI=1S/C16H22N2O/c19-14(8-12-6-7-17-10-12)11-18-16-9-15(16)13-4-2-1-3-5-13/h1-5,12,15-18H,6-11H2/t12-,15?,16?/m1/s1. The number of carbonyl (C=O) groups is 1. The third-order valence-electron chi connectivity index (χ3n) is 4.26. The van der Waals surface area contributed by atoms with Gasteiger partial charge in [0.25, 0.3) is 0 Å². The first kappa shape index (κ1) is 12.8. The number of carbonyl (C=O) groups excluding carboxylic acids is 1. The van der Waals surface area contributed by atoms with Gasteiger partial charge in [-0.25, -0.2) is 0 Å². The second-order valence-electron chi connectivity index (χ2n) is 5.84. The third-order valence-corrected chi connectivity index (χ3v) is 4.26. The van der Waals surface area contributed by atoms with Crippen LogP contribution in [-0.2, 0) is 4.79 Å². The molecule has 19 heavy (non-hydrogen) atoms. The van der Waals surface area contributed by atoms with Crippen LogP contribution in [0.5, 0.6) is 0 Å². The van der Waals surface area contributed by atoms with Gasteiger partial charge >= 0.3 is 0 Å². The molecule has 1 saturated carbocycles. The van der Waals surface area contributed by atoms with Crippen LogP contribution in [0.2, 0.25) is 0 Å². The summed E-state index contributed by atoms with van der Waals surface area (Å²) in [6.45, 7) is 2.64. The molecule has 1 aromatic rings. The highest BCUT2D eigenvalue weighted by atomic mass is 16.1. The Morgan fingerprint density at radius 3 is 2.89 bits per heavy atom. The molecule has 3 nitrogen and oxygen atoms in total. The lowest BCUT2D eigenvalue weighted by molar-refractivity contribution is -0.119. The monoisotopic (exact) mass is 258 g/mol. The van der Waals surface area contributed by atoms with Gasteiger partial charge in [0.1, 0.15) is 5.78 Å². The predicted molar refractivity (Wildman–Crippen MR) is 76.2 cm³/mol. The van der Waals surface area contributed by atoms with Crippen LogP contribution in [0.1, 0.15) is 30.7 Å². The summed E-state index contributed by atoms with van der Waals surface area (Å²) in [5, 5.41) is 6.72. The van der Waals surface area contributed by atoms with Gasteiger partial charge in [-0.05, 0) is 37.4 Å². The van der Waals surface area contributed by atoms with E-state index in [1.807, 2.05) is 6.07 Å². The molecule has 1 aromatic carbocycles. The number of hydrogen-bond acceptors (Lipinski definition) is 3. The molecular weight excluding hydrogens is 236 g/mol. The van der Waals surface area contributed by atoms with E-state index in [4.69, 9.17) is 0 Å². The fraction of sp³-hybridized carbons (Fsp3) is 0.562. The van der Waals surface area contributed by atoms with Crippen molar-refractivity contribution < 1.29 is 4.79 Å². The number of benzene rings is 1. The molecule has 102 valence electrons. The Balaban J connectivity index is 1.38. The zero-order valence-electron chi connectivity index (χ0n) is 11.3. The van der Waals surface area contributed by atoms with Crippen LogP contribution in [0.25, 0.3) is 0 Å². The van der Waals surface area contributed by atoms with Crippen molar-refractivity contribution in [2.75, 3.05) is 19.6 Å². The normalized spacial score (nSPS) is 29.4. The number of hydrogen-bond donors (Lipinski definition) is 2. The van der Waals surface area contributed by atoms with Crippen LogP contribution >= 0.6 is 0 Å². The molecule has 0 spiro atoms. The topological polar surface area (TPSA) is 41.1 Å². The first-order valence-corrected chi connectivity index (χ1v) is 7.33. The number of Topliss-reactive ketones (excluding diaryl/α,β-unsaturated/α-hetero) is 1. The third kappa shape index (κ3) is 3.43. The van der Waals surface area contributed by atoms with Crippen LogP contribution in [0.4, 0.5) is 0 Å². The lowest BCUT2D eigenvalue weighted by Gasteiger charge is -2.08. The second kappa shape index (κ2) is 5.85. The highest BCUT2D eigenvalue weighted by Crippen LogP contribution is 2.40. The summed E-state index contributed by atoms with van der Waals surface area (Å²) in [6, 6.07) is 11.1. The molecule has 2 fully saturated rings. The summed E-state index contributed by atoms with van der Waals surface area (Å²) in [6.07, 6.45) is 3.06. The molecule has 3 heteroatoms. The van der Waals surface area contributed by atoms with Crippen LogP contribution in [0.15, 0.2) is 30.3 Å². The SMILES string of the molecule is O=C(CNC1CC1c1ccccc1)C[C@H]1CCNC1. The Morgan fingerprint density at radius 1 is 1.32 bits per heavy atom.